The molecule has 0 spiro atoms. The van der Waals surface area contributed by atoms with Crippen LogP contribution >= 0.6 is 0 Å². The quantitative estimate of drug-likeness (QED) is 0.182. The molecule has 2 rings (SSSR count). The van der Waals surface area contributed by atoms with E-state index in [-0.39, 0.29) is 28.1 Å². The largest absolute Gasteiger partial charge is 0.507 e. The van der Waals surface area contributed by atoms with Crippen LogP contribution in [0.25, 0.3) is 0 Å². The van der Waals surface area contributed by atoms with Crippen molar-refractivity contribution in [3.63, 3.8) is 0 Å². The molecular formula is C35H52O3. The van der Waals surface area contributed by atoms with Crippen molar-refractivity contribution >= 4 is 5.97 Å². The van der Waals surface area contributed by atoms with Gasteiger partial charge in [0.25, 0.3) is 0 Å². The maximum Gasteiger partial charge on any atom is 0.335 e. The number of benzene rings is 2. The van der Waals surface area contributed by atoms with Crippen molar-refractivity contribution in [1.29, 1.82) is 0 Å². The number of hydrogen-bond acceptors (Lipinski definition) is 3. The van der Waals surface area contributed by atoms with Crippen LogP contribution in [-0.4, -0.2) is 11.1 Å². The van der Waals surface area contributed by atoms with E-state index in [0.717, 1.165) is 41.5 Å². The highest BCUT2D eigenvalue weighted by atomic mass is 16.5. The predicted octanol–water partition coefficient (Wildman–Crippen LogP) is 9.82. The summed E-state index contributed by atoms with van der Waals surface area (Å²) in [5.41, 5.74) is 5.87. The highest BCUT2D eigenvalue weighted by Crippen LogP contribution is 2.47. The average molecular weight is 521 g/mol. The topological polar surface area (TPSA) is 46.5 Å². The van der Waals surface area contributed by atoms with Gasteiger partial charge < -0.3 is 9.84 Å². The highest BCUT2D eigenvalue weighted by Gasteiger charge is 2.33. The minimum Gasteiger partial charge on any atom is -0.507 e. The normalized spacial score (nSPS) is 13.5. The minimum atomic E-state index is -0.470. The maximum absolute atomic E-state index is 12.6. The highest BCUT2D eigenvalue weighted by molar-refractivity contribution is 5.84. The first-order valence-corrected chi connectivity index (χ1v) is 14.4. The molecule has 2 aromatic carbocycles. The Morgan fingerprint density at radius 2 is 1.26 bits per heavy atom. The number of phenolic OH excluding ortho intramolecular Hbond substituents is 1. The van der Waals surface area contributed by atoms with Gasteiger partial charge in [0, 0.05) is 28.7 Å². The molecular weight excluding hydrogens is 468 g/mol. The number of carbonyl (C=O) groups is 1. The Kier molecular flexibility index (Phi) is 9.73. The molecule has 0 saturated carbocycles. The standard InChI is InChI=1S/C35H52O3/c1-14-30(36)38-32-28(20-25(34(10,11)16-3)21-29(32)35(12,13)17-4)23(7)27-19-24(33(8,9)15-2)18-26(22(5)6)31(27)37/h14,18-23,37H,1,15-17H2,2-13H3. The lowest BCUT2D eigenvalue weighted by atomic mass is 9.73. The summed E-state index contributed by atoms with van der Waals surface area (Å²) in [5, 5.41) is 11.6. The molecule has 0 saturated heterocycles. The molecule has 38 heavy (non-hydrogen) atoms. The summed E-state index contributed by atoms with van der Waals surface area (Å²) in [6.45, 7) is 30.0. The summed E-state index contributed by atoms with van der Waals surface area (Å²) in [5.74, 6) is 0.427. The lowest BCUT2D eigenvalue weighted by Gasteiger charge is -2.33. The summed E-state index contributed by atoms with van der Waals surface area (Å²) in [7, 11) is 0. The molecule has 210 valence electrons. The second-order valence-electron chi connectivity index (χ2n) is 13.2. The van der Waals surface area contributed by atoms with Gasteiger partial charge in [0.2, 0.25) is 0 Å². The van der Waals surface area contributed by atoms with Crippen LogP contribution in [0.15, 0.2) is 36.9 Å². The van der Waals surface area contributed by atoms with Crippen molar-refractivity contribution in [2.45, 2.75) is 130 Å². The van der Waals surface area contributed by atoms with Crippen molar-refractivity contribution < 1.29 is 14.6 Å². The predicted molar refractivity (Wildman–Crippen MR) is 162 cm³/mol. The Bertz CT molecular complexity index is 1160. The Labute approximate surface area is 232 Å². The molecule has 0 amide bonds. The van der Waals surface area contributed by atoms with E-state index in [9.17, 15) is 9.90 Å². The zero-order chi connectivity index (χ0) is 29.2. The van der Waals surface area contributed by atoms with E-state index in [2.05, 4.69) is 114 Å². The summed E-state index contributed by atoms with van der Waals surface area (Å²) < 4.78 is 6.06. The minimum absolute atomic E-state index is 0.0364. The van der Waals surface area contributed by atoms with Crippen LogP contribution in [0.5, 0.6) is 11.5 Å². The van der Waals surface area contributed by atoms with E-state index < -0.39 is 5.97 Å². The summed E-state index contributed by atoms with van der Waals surface area (Å²) >= 11 is 0. The molecule has 0 aliphatic heterocycles. The molecule has 0 fully saturated rings. The fourth-order valence-corrected chi connectivity index (χ4v) is 4.73. The van der Waals surface area contributed by atoms with Gasteiger partial charge in [0.1, 0.15) is 11.5 Å². The Morgan fingerprint density at radius 1 is 0.816 bits per heavy atom. The molecule has 1 unspecified atom stereocenters. The molecule has 0 aliphatic carbocycles. The first-order valence-electron chi connectivity index (χ1n) is 14.4. The summed E-state index contributed by atoms with van der Waals surface area (Å²) in [4.78, 5) is 12.6. The fourth-order valence-electron chi connectivity index (χ4n) is 4.73. The van der Waals surface area contributed by atoms with Crippen LogP contribution < -0.4 is 4.74 Å². The number of aromatic hydroxyl groups is 1. The van der Waals surface area contributed by atoms with Crippen LogP contribution in [0.1, 0.15) is 148 Å². The molecule has 0 aromatic heterocycles. The van der Waals surface area contributed by atoms with Crippen molar-refractivity contribution in [2.24, 2.45) is 0 Å². The van der Waals surface area contributed by atoms with E-state index in [1.54, 1.807) is 0 Å². The second-order valence-corrected chi connectivity index (χ2v) is 13.2. The molecule has 1 atom stereocenters. The van der Waals surface area contributed by atoms with Gasteiger partial charge in [0.05, 0.1) is 0 Å². The lowest BCUT2D eigenvalue weighted by Crippen LogP contribution is -2.24. The Balaban J connectivity index is 3.05. The van der Waals surface area contributed by atoms with E-state index in [0.29, 0.717) is 11.5 Å². The first-order chi connectivity index (χ1) is 17.5. The summed E-state index contributed by atoms with van der Waals surface area (Å²) in [6, 6.07) is 8.75. The number of carbonyl (C=O) groups excluding carboxylic acids is 1. The van der Waals surface area contributed by atoms with Gasteiger partial charge in [-0.15, -0.1) is 0 Å². The number of rotatable bonds is 11. The number of ether oxygens (including phenoxy) is 1. The zero-order valence-corrected chi connectivity index (χ0v) is 26.1. The third kappa shape index (κ3) is 6.35. The van der Waals surface area contributed by atoms with Crippen molar-refractivity contribution in [1.82, 2.24) is 0 Å². The first kappa shape index (κ1) is 31.7. The van der Waals surface area contributed by atoms with Crippen LogP contribution in [0.4, 0.5) is 0 Å². The van der Waals surface area contributed by atoms with Crippen LogP contribution in [0.2, 0.25) is 0 Å². The smallest absolute Gasteiger partial charge is 0.335 e. The molecule has 2 aromatic rings. The summed E-state index contributed by atoms with van der Waals surface area (Å²) in [6.07, 6.45) is 4.07. The van der Waals surface area contributed by atoms with Gasteiger partial charge in [-0.05, 0) is 58.1 Å². The molecule has 1 N–H and O–H groups in total. The SMILES string of the molecule is C=CC(=O)Oc1c(C(C)c2cc(C(C)(C)CC)cc(C(C)C)c2O)cc(C(C)(C)CC)cc1C(C)(C)CC. The molecule has 0 bridgehead atoms. The molecule has 3 nitrogen and oxygen atoms in total. The van der Waals surface area contributed by atoms with Gasteiger partial charge >= 0.3 is 5.97 Å². The lowest BCUT2D eigenvalue weighted by molar-refractivity contribution is -0.129. The molecule has 0 radical (unpaired) electrons. The number of hydrogen-bond donors (Lipinski definition) is 1. The zero-order valence-electron chi connectivity index (χ0n) is 26.1. The van der Waals surface area contributed by atoms with Gasteiger partial charge in [-0.25, -0.2) is 4.79 Å². The van der Waals surface area contributed by atoms with E-state index >= 15 is 0 Å². The Hall–Kier alpha value is -2.55. The van der Waals surface area contributed by atoms with Crippen LogP contribution in [-0.2, 0) is 21.0 Å². The fraction of sp³-hybridized carbons (Fsp3) is 0.571. The third-order valence-corrected chi connectivity index (χ3v) is 9.15. The van der Waals surface area contributed by atoms with Gasteiger partial charge in [0.15, 0.2) is 0 Å². The van der Waals surface area contributed by atoms with Gasteiger partial charge in [-0.2, -0.15) is 0 Å². The van der Waals surface area contributed by atoms with Crippen LogP contribution in [0, 0.1) is 0 Å². The van der Waals surface area contributed by atoms with E-state index in [1.807, 2.05) is 0 Å². The van der Waals surface area contributed by atoms with Crippen molar-refractivity contribution in [2.75, 3.05) is 0 Å². The van der Waals surface area contributed by atoms with Crippen molar-refractivity contribution in [3.05, 3.63) is 70.3 Å². The maximum atomic E-state index is 12.6. The monoisotopic (exact) mass is 520 g/mol. The number of phenols is 1. The van der Waals surface area contributed by atoms with Crippen molar-refractivity contribution in [3.8, 4) is 11.5 Å². The third-order valence-electron chi connectivity index (χ3n) is 9.15. The molecule has 3 heteroatoms. The average Bonchev–Trinajstić information content (AvgIpc) is 2.87. The second kappa shape index (κ2) is 11.7. The van der Waals surface area contributed by atoms with E-state index in [4.69, 9.17) is 4.74 Å². The van der Waals surface area contributed by atoms with E-state index in [1.165, 1.54) is 17.2 Å². The Morgan fingerprint density at radius 3 is 1.71 bits per heavy atom. The molecule has 0 aliphatic rings. The van der Waals surface area contributed by atoms with Gasteiger partial charge in [-0.1, -0.05) is 114 Å². The molecule has 0 heterocycles. The van der Waals surface area contributed by atoms with Gasteiger partial charge in [-0.3, -0.25) is 0 Å². The number of esters is 1. The van der Waals surface area contributed by atoms with Crippen LogP contribution in [0.3, 0.4) is 0 Å².